The van der Waals surface area contributed by atoms with E-state index in [1.54, 1.807) is 12.1 Å². The molecule has 146 valence electrons. The third kappa shape index (κ3) is 7.22. The molecule has 0 aliphatic rings. The maximum atomic E-state index is 12.2. The Kier molecular flexibility index (Phi) is 7.55. The first-order valence-electron chi connectivity index (χ1n) is 8.65. The zero-order chi connectivity index (χ0) is 19.8. The lowest BCUT2D eigenvalue weighted by atomic mass is 10.1. The number of alkyl halides is 2. The van der Waals surface area contributed by atoms with E-state index in [-0.39, 0.29) is 17.8 Å². The first kappa shape index (κ1) is 20.6. The largest absolute Gasteiger partial charge is 0.435 e. The van der Waals surface area contributed by atoms with Crippen LogP contribution < -0.4 is 15.4 Å². The highest BCUT2D eigenvalue weighted by Crippen LogP contribution is 2.19. The van der Waals surface area contributed by atoms with Crippen LogP contribution in [-0.4, -0.2) is 31.6 Å². The summed E-state index contributed by atoms with van der Waals surface area (Å²) in [7, 11) is 4.03. The molecule has 0 fully saturated rings. The van der Waals surface area contributed by atoms with Gasteiger partial charge in [-0.05, 0) is 49.8 Å². The molecule has 1 unspecified atom stereocenters. The predicted molar refractivity (Wildman–Crippen MR) is 101 cm³/mol. The molecule has 0 aliphatic heterocycles. The number of nitrogens with zero attached hydrogens (tertiary/aromatic N) is 1. The number of rotatable bonds is 8. The molecule has 2 amide bonds. The Balaban J connectivity index is 1.80. The average Bonchev–Trinajstić information content (AvgIpc) is 2.60. The molecule has 0 saturated heterocycles. The van der Waals surface area contributed by atoms with E-state index in [1.807, 2.05) is 45.3 Å². The molecule has 2 N–H and O–H groups in total. The summed E-state index contributed by atoms with van der Waals surface area (Å²) in [6, 6.07) is 13.7. The fourth-order valence-electron chi connectivity index (χ4n) is 2.58. The van der Waals surface area contributed by atoms with Crippen LogP contribution in [0.25, 0.3) is 0 Å². The molecule has 27 heavy (non-hydrogen) atoms. The van der Waals surface area contributed by atoms with E-state index in [9.17, 15) is 13.6 Å². The summed E-state index contributed by atoms with van der Waals surface area (Å²) >= 11 is 0. The fraction of sp³-hybridized carbons (Fsp3) is 0.350. The van der Waals surface area contributed by atoms with Gasteiger partial charge in [0.2, 0.25) is 0 Å². The van der Waals surface area contributed by atoms with Gasteiger partial charge in [-0.2, -0.15) is 8.78 Å². The van der Waals surface area contributed by atoms with Crippen LogP contribution in [0.1, 0.15) is 29.7 Å². The molecule has 2 aromatic carbocycles. The van der Waals surface area contributed by atoms with Crippen LogP contribution in [0.15, 0.2) is 48.5 Å². The molecule has 0 aromatic heterocycles. The van der Waals surface area contributed by atoms with Gasteiger partial charge in [-0.3, -0.25) is 0 Å². The number of halogens is 2. The number of nitrogens with one attached hydrogen (secondary N) is 2. The molecule has 0 radical (unpaired) electrons. The Morgan fingerprint density at radius 2 is 1.63 bits per heavy atom. The minimum absolute atomic E-state index is 0.0862. The van der Waals surface area contributed by atoms with E-state index in [1.165, 1.54) is 17.7 Å². The molecule has 0 saturated carbocycles. The Labute approximate surface area is 158 Å². The van der Waals surface area contributed by atoms with E-state index >= 15 is 0 Å². The van der Waals surface area contributed by atoms with Crippen molar-refractivity contribution >= 4 is 6.03 Å². The summed E-state index contributed by atoms with van der Waals surface area (Å²) in [5.41, 5.74) is 3.01. The van der Waals surface area contributed by atoms with Gasteiger partial charge in [-0.25, -0.2) is 4.79 Å². The quantitative estimate of drug-likeness (QED) is 0.733. The van der Waals surface area contributed by atoms with Crippen molar-refractivity contribution in [3.8, 4) is 5.75 Å². The number of ether oxygens (including phenoxy) is 1. The molecule has 0 spiro atoms. The van der Waals surface area contributed by atoms with Crippen molar-refractivity contribution in [3.05, 3.63) is 65.2 Å². The Morgan fingerprint density at radius 3 is 2.19 bits per heavy atom. The lowest BCUT2D eigenvalue weighted by molar-refractivity contribution is -0.0498. The van der Waals surface area contributed by atoms with Crippen LogP contribution in [0.4, 0.5) is 13.6 Å². The summed E-state index contributed by atoms with van der Waals surface area (Å²) in [6.07, 6.45) is 0. The maximum Gasteiger partial charge on any atom is 0.387 e. The van der Waals surface area contributed by atoms with E-state index in [0.29, 0.717) is 6.54 Å². The minimum atomic E-state index is -2.85. The van der Waals surface area contributed by atoms with Crippen LogP contribution in [0, 0.1) is 0 Å². The summed E-state index contributed by atoms with van der Waals surface area (Å²) in [5, 5.41) is 5.63. The number of benzene rings is 2. The molecule has 1 atom stereocenters. The normalized spacial score (nSPS) is 12.1. The third-order valence-electron chi connectivity index (χ3n) is 3.93. The van der Waals surface area contributed by atoms with Gasteiger partial charge in [-0.15, -0.1) is 0 Å². The van der Waals surface area contributed by atoms with Crippen LogP contribution in [0.3, 0.4) is 0 Å². The predicted octanol–water partition coefficient (Wildman–Crippen LogP) is 3.91. The van der Waals surface area contributed by atoms with E-state index in [2.05, 4.69) is 20.3 Å². The van der Waals surface area contributed by atoms with E-state index in [4.69, 9.17) is 0 Å². The third-order valence-corrected chi connectivity index (χ3v) is 3.93. The standard InChI is InChI=1S/C20H25F2N3O2/c1-14(17-8-10-18(11-9-17)27-19(21)22)24-20(26)23-12-15-4-6-16(7-5-15)13-25(2)3/h4-11,14,19H,12-13H2,1-3H3,(H2,23,24,26). The molecule has 0 heterocycles. The van der Waals surface area contributed by atoms with Gasteiger partial charge in [0.1, 0.15) is 5.75 Å². The maximum absolute atomic E-state index is 12.2. The number of amides is 2. The van der Waals surface area contributed by atoms with Crippen molar-refractivity contribution in [1.29, 1.82) is 0 Å². The molecule has 7 heteroatoms. The number of hydrogen-bond donors (Lipinski definition) is 2. The van der Waals surface area contributed by atoms with Crippen molar-refractivity contribution in [2.45, 2.75) is 32.7 Å². The SMILES string of the molecule is CC(NC(=O)NCc1ccc(CN(C)C)cc1)c1ccc(OC(F)F)cc1. The summed E-state index contributed by atoms with van der Waals surface area (Å²) < 4.78 is 28.6. The smallest absolute Gasteiger partial charge is 0.387 e. The van der Waals surface area contributed by atoms with Gasteiger partial charge in [0, 0.05) is 13.1 Å². The Bertz CT molecular complexity index is 719. The average molecular weight is 377 g/mol. The van der Waals surface area contributed by atoms with Gasteiger partial charge in [0.25, 0.3) is 0 Å². The highest BCUT2D eigenvalue weighted by molar-refractivity contribution is 5.74. The highest BCUT2D eigenvalue weighted by atomic mass is 19.3. The number of hydrogen-bond acceptors (Lipinski definition) is 3. The summed E-state index contributed by atoms with van der Waals surface area (Å²) in [6.45, 7) is 0.252. The lowest BCUT2D eigenvalue weighted by Crippen LogP contribution is -2.36. The van der Waals surface area contributed by atoms with Gasteiger partial charge >= 0.3 is 12.6 Å². The minimum Gasteiger partial charge on any atom is -0.435 e. The molecular weight excluding hydrogens is 352 g/mol. The Hall–Kier alpha value is -2.67. The zero-order valence-corrected chi connectivity index (χ0v) is 15.7. The second-order valence-electron chi connectivity index (χ2n) is 6.55. The van der Waals surface area contributed by atoms with Crippen molar-refractivity contribution in [1.82, 2.24) is 15.5 Å². The first-order valence-corrected chi connectivity index (χ1v) is 8.65. The van der Waals surface area contributed by atoms with Crippen LogP contribution in [0.2, 0.25) is 0 Å². The van der Waals surface area contributed by atoms with Crippen LogP contribution >= 0.6 is 0 Å². The molecule has 2 rings (SSSR count). The van der Waals surface area contributed by atoms with Crippen LogP contribution in [-0.2, 0) is 13.1 Å². The van der Waals surface area contributed by atoms with E-state index < -0.39 is 6.61 Å². The monoisotopic (exact) mass is 377 g/mol. The van der Waals surface area contributed by atoms with Crippen molar-refractivity contribution < 1.29 is 18.3 Å². The molecular formula is C20H25F2N3O2. The molecule has 0 aliphatic carbocycles. The zero-order valence-electron chi connectivity index (χ0n) is 15.7. The fourth-order valence-corrected chi connectivity index (χ4v) is 2.58. The van der Waals surface area contributed by atoms with Crippen molar-refractivity contribution in [2.75, 3.05) is 14.1 Å². The first-order chi connectivity index (χ1) is 12.8. The molecule has 2 aromatic rings. The molecule has 0 bridgehead atoms. The summed E-state index contributed by atoms with van der Waals surface area (Å²) in [5.74, 6) is 0.0862. The van der Waals surface area contributed by atoms with Gasteiger partial charge in [0.15, 0.2) is 0 Å². The van der Waals surface area contributed by atoms with E-state index in [0.717, 1.165) is 17.7 Å². The second kappa shape index (κ2) is 9.87. The second-order valence-corrected chi connectivity index (χ2v) is 6.55. The number of carbonyl (C=O) groups is 1. The highest BCUT2D eigenvalue weighted by Gasteiger charge is 2.10. The van der Waals surface area contributed by atoms with Crippen LogP contribution in [0.5, 0.6) is 5.75 Å². The Morgan fingerprint density at radius 1 is 1.04 bits per heavy atom. The van der Waals surface area contributed by atoms with Crippen molar-refractivity contribution in [2.24, 2.45) is 0 Å². The van der Waals surface area contributed by atoms with Gasteiger partial charge in [0.05, 0.1) is 6.04 Å². The van der Waals surface area contributed by atoms with Gasteiger partial charge < -0.3 is 20.3 Å². The van der Waals surface area contributed by atoms with Crippen molar-refractivity contribution in [3.63, 3.8) is 0 Å². The lowest BCUT2D eigenvalue weighted by Gasteiger charge is -2.16. The topological polar surface area (TPSA) is 53.6 Å². The number of urea groups is 1. The summed E-state index contributed by atoms with van der Waals surface area (Å²) in [4.78, 5) is 14.2. The van der Waals surface area contributed by atoms with Gasteiger partial charge in [-0.1, -0.05) is 36.4 Å². The molecule has 5 nitrogen and oxygen atoms in total. The number of carbonyl (C=O) groups excluding carboxylic acids is 1.